The summed E-state index contributed by atoms with van der Waals surface area (Å²) in [5, 5.41) is 13.2. The predicted molar refractivity (Wildman–Crippen MR) is 101 cm³/mol. The summed E-state index contributed by atoms with van der Waals surface area (Å²) in [5.74, 6) is 0.384. The number of benzene rings is 1. The maximum absolute atomic E-state index is 12.4. The minimum Gasteiger partial charge on any atom is -0.465 e. The number of thiazole rings is 1. The number of methoxy groups -OCH3 is 1. The number of hydrogen-bond donors (Lipinski definition) is 1. The number of furan rings is 1. The molecule has 0 amide bonds. The average molecular weight is 386 g/mol. The molecular weight excluding hydrogens is 372 g/mol. The molecule has 0 radical (unpaired) electrons. The molecule has 3 aromatic heterocycles. The van der Waals surface area contributed by atoms with Crippen LogP contribution in [0.15, 0.2) is 28.7 Å². The van der Waals surface area contributed by atoms with E-state index in [4.69, 9.17) is 9.15 Å². The number of nitrogens with one attached hydrogen (secondary N) is 1. The number of anilines is 2. The molecule has 4 aromatic rings. The molecule has 132 valence electrons. The van der Waals surface area contributed by atoms with E-state index in [1.807, 2.05) is 31.2 Å². The highest BCUT2D eigenvalue weighted by atomic mass is 32.1. The Kier molecular flexibility index (Phi) is 4.17. The quantitative estimate of drug-likeness (QED) is 0.514. The molecule has 4 rings (SSSR count). The zero-order chi connectivity index (χ0) is 18.3. The van der Waals surface area contributed by atoms with Crippen LogP contribution in [-0.4, -0.2) is 28.3 Å². The predicted octanol–water partition coefficient (Wildman–Crippen LogP) is 4.55. The Morgan fingerprint density at radius 1 is 1.19 bits per heavy atom. The second-order valence-corrected chi connectivity index (χ2v) is 7.68. The standard InChI is InChI=1S/C17H14N4O3S2/c1-8-12(16(22)23-3)13(14(24-8)19-17-21-20-9(2)25-17)15-18-10-6-4-5-7-11(10)26-15/h4-7H,1-3H3,(H,19,21). The van der Waals surface area contributed by atoms with Gasteiger partial charge in [0.05, 0.1) is 22.9 Å². The summed E-state index contributed by atoms with van der Waals surface area (Å²) in [7, 11) is 1.35. The smallest absolute Gasteiger partial charge is 0.342 e. The summed E-state index contributed by atoms with van der Waals surface area (Å²) in [6.07, 6.45) is 0. The van der Waals surface area contributed by atoms with Crippen molar-refractivity contribution in [3.05, 3.63) is 40.6 Å². The second-order valence-electron chi connectivity index (χ2n) is 5.47. The topological polar surface area (TPSA) is 90.1 Å². The number of fused-ring (bicyclic) bond motifs is 1. The van der Waals surface area contributed by atoms with Crippen LogP contribution in [0.25, 0.3) is 20.8 Å². The largest absolute Gasteiger partial charge is 0.465 e. The Balaban J connectivity index is 1.90. The first-order chi connectivity index (χ1) is 12.6. The third-order valence-corrected chi connectivity index (χ3v) is 5.54. The van der Waals surface area contributed by atoms with Gasteiger partial charge >= 0.3 is 5.97 Å². The van der Waals surface area contributed by atoms with Crippen LogP contribution in [0.5, 0.6) is 0 Å². The molecule has 0 atom stereocenters. The highest BCUT2D eigenvalue weighted by Gasteiger charge is 2.28. The van der Waals surface area contributed by atoms with E-state index < -0.39 is 5.97 Å². The number of para-hydroxylation sites is 1. The summed E-state index contributed by atoms with van der Waals surface area (Å²) >= 11 is 2.88. The van der Waals surface area contributed by atoms with Crippen LogP contribution < -0.4 is 5.32 Å². The summed E-state index contributed by atoms with van der Waals surface area (Å²) in [6, 6.07) is 7.80. The zero-order valence-electron chi connectivity index (χ0n) is 14.2. The fraction of sp³-hybridized carbons (Fsp3) is 0.176. The number of aryl methyl sites for hydroxylation is 2. The lowest BCUT2D eigenvalue weighted by atomic mass is 10.1. The number of carbonyl (C=O) groups is 1. The number of nitrogens with zero attached hydrogens (tertiary/aromatic N) is 3. The van der Waals surface area contributed by atoms with Crippen molar-refractivity contribution >= 4 is 49.9 Å². The lowest BCUT2D eigenvalue weighted by molar-refractivity contribution is 0.0599. The lowest BCUT2D eigenvalue weighted by Gasteiger charge is -2.02. The van der Waals surface area contributed by atoms with Crippen LogP contribution in [0.3, 0.4) is 0 Å². The first-order valence-corrected chi connectivity index (χ1v) is 9.35. The summed E-state index contributed by atoms with van der Waals surface area (Å²) in [5.41, 5.74) is 1.79. The Bertz CT molecular complexity index is 1080. The van der Waals surface area contributed by atoms with Crippen molar-refractivity contribution in [3.63, 3.8) is 0 Å². The zero-order valence-corrected chi connectivity index (χ0v) is 15.8. The van der Waals surface area contributed by atoms with Crippen molar-refractivity contribution in [2.45, 2.75) is 13.8 Å². The van der Waals surface area contributed by atoms with Gasteiger partial charge in [0.2, 0.25) is 11.0 Å². The molecule has 0 saturated carbocycles. The molecule has 1 N–H and O–H groups in total. The maximum atomic E-state index is 12.4. The van der Waals surface area contributed by atoms with Gasteiger partial charge in [-0.1, -0.05) is 23.5 Å². The van der Waals surface area contributed by atoms with Crippen molar-refractivity contribution in [1.82, 2.24) is 15.2 Å². The van der Waals surface area contributed by atoms with E-state index >= 15 is 0 Å². The van der Waals surface area contributed by atoms with Gasteiger partial charge in [-0.2, -0.15) is 0 Å². The Morgan fingerprint density at radius 3 is 2.69 bits per heavy atom. The van der Waals surface area contributed by atoms with Crippen molar-refractivity contribution in [1.29, 1.82) is 0 Å². The molecule has 3 heterocycles. The summed E-state index contributed by atoms with van der Waals surface area (Å²) < 4.78 is 11.8. The highest BCUT2D eigenvalue weighted by molar-refractivity contribution is 7.21. The van der Waals surface area contributed by atoms with Gasteiger partial charge in [-0.15, -0.1) is 21.5 Å². The summed E-state index contributed by atoms with van der Waals surface area (Å²) in [6.45, 7) is 3.59. The Labute approximate surface area is 156 Å². The minimum atomic E-state index is -0.470. The molecule has 0 unspecified atom stereocenters. The molecule has 7 nitrogen and oxygen atoms in total. The maximum Gasteiger partial charge on any atom is 0.342 e. The molecule has 0 spiro atoms. The second kappa shape index (κ2) is 6.50. The number of carbonyl (C=O) groups excluding carboxylic acids is 1. The molecule has 0 aliphatic heterocycles. The molecule has 26 heavy (non-hydrogen) atoms. The van der Waals surface area contributed by atoms with Crippen LogP contribution in [0.2, 0.25) is 0 Å². The summed E-state index contributed by atoms with van der Waals surface area (Å²) in [4.78, 5) is 17.0. The van der Waals surface area contributed by atoms with E-state index in [0.717, 1.165) is 15.2 Å². The van der Waals surface area contributed by atoms with Crippen molar-refractivity contribution in [3.8, 4) is 10.6 Å². The van der Waals surface area contributed by atoms with Crippen LogP contribution in [0.4, 0.5) is 11.0 Å². The molecule has 0 fully saturated rings. The monoisotopic (exact) mass is 386 g/mol. The molecule has 0 aliphatic rings. The fourth-order valence-corrected chi connectivity index (χ4v) is 4.21. The van der Waals surface area contributed by atoms with Gasteiger partial charge in [-0.25, -0.2) is 9.78 Å². The van der Waals surface area contributed by atoms with Crippen molar-refractivity contribution in [2.75, 3.05) is 12.4 Å². The van der Waals surface area contributed by atoms with Crippen molar-refractivity contribution < 1.29 is 13.9 Å². The van der Waals surface area contributed by atoms with E-state index in [1.54, 1.807) is 6.92 Å². The fourth-order valence-electron chi connectivity index (χ4n) is 2.61. The Morgan fingerprint density at radius 2 is 2.00 bits per heavy atom. The third kappa shape index (κ3) is 2.85. The average Bonchev–Trinajstić information content (AvgIpc) is 3.31. The van der Waals surface area contributed by atoms with Gasteiger partial charge in [-0.3, -0.25) is 5.32 Å². The Hall–Kier alpha value is -2.78. The molecule has 0 bridgehead atoms. The van der Waals surface area contributed by atoms with Gasteiger partial charge in [0.15, 0.2) is 0 Å². The number of esters is 1. The van der Waals surface area contributed by atoms with Gasteiger partial charge in [0.1, 0.15) is 21.3 Å². The normalized spacial score (nSPS) is 11.0. The molecule has 0 aliphatic carbocycles. The molecule has 1 aromatic carbocycles. The van der Waals surface area contributed by atoms with E-state index in [9.17, 15) is 4.79 Å². The highest BCUT2D eigenvalue weighted by Crippen LogP contribution is 2.41. The first kappa shape index (κ1) is 16.7. The van der Waals surface area contributed by atoms with Crippen LogP contribution in [0.1, 0.15) is 21.1 Å². The van der Waals surface area contributed by atoms with E-state index in [0.29, 0.717) is 32.9 Å². The minimum absolute atomic E-state index is 0.357. The molecule has 0 saturated heterocycles. The van der Waals surface area contributed by atoms with Gasteiger partial charge in [0.25, 0.3) is 0 Å². The van der Waals surface area contributed by atoms with Crippen LogP contribution in [0, 0.1) is 13.8 Å². The third-order valence-electron chi connectivity index (χ3n) is 3.73. The molecule has 9 heteroatoms. The number of rotatable bonds is 4. The van der Waals surface area contributed by atoms with Gasteiger partial charge in [-0.05, 0) is 26.0 Å². The number of hydrogen-bond acceptors (Lipinski definition) is 9. The van der Waals surface area contributed by atoms with E-state index in [2.05, 4.69) is 20.5 Å². The van der Waals surface area contributed by atoms with Crippen molar-refractivity contribution in [2.24, 2.45) is 0 Å². The first-order valence-electron chi connectivity index (χ1n) is 7.71. The van der Waals surface area contributed by atoms with Crippen LogP contribution >= 0.6 is 22.7 Å². The van der Waals surface area contributed by atoms with E-state index in [-0.39, 0.29) is 0 Å². The number of ether oxygens (including phenoxy) is 1. The molecular formula is C17H14N4O3S2. The SMILES string of the molecule is COC(=O)c1c(C)oc(Nc2nnc(C)s2)c1-c1nc2ccccc2s1. The van der Waals surface area contributed by atoms with Gasteiger partial charge in [0, 0.05) is 0 Å². The van der Waals surface area contributed by atoms with Gasteiger partial charge < -0.3 is 9.15 Å². The van der Waals surface area contributed by atoms with Crippen LogP contribution in [-0.2, 0) is 4.74 Å². The number of aromatic nitrogens is 3. The lowest BCUT2D eigenvalue weighted by Crippen LogP contribution is -2.03. The van der Waals surface area contributed by atoms with E-state index in [1.165, 1.54) is 29.8 Å².